The molecule has 0 atom stereocenters. The Morgan fingerprint density at radius 3 is 2.67 bits per heavy atom. The molecule has 4 nitrogen and oxygen atoms in total. The molecule has 1 saturated carbocycles. The van der Waals surface area contributed by atoms with Crippen LogP contribution in [-0.4, -0.2) is 26.2 Å². The van der Waals surface area contributed by atoms with Crippen molar-refractivity contribution in [3.63, 3.8) is 0 Å². The highest BCUT2D eigenvalue weighted by Crippen LogP contribution is 2.44. The molecule has 2 rings (SSSR count). The van der Waals surface area contributed by atoms with Crippen LogP contribution >= 0.6 is 11.3 Å². The maximum absolute atomic E-state index is 11.5. The van der Waals surface area contributed by atoms with Crippen molar-refractivity contribution in [2.75, 3.05) is 18.1 Å². The van der Waals surface area contributed by atoms with E-state index in [-0.39, 0.29) is 0 Å². The van der Waals surface area contributed by atoms with Gasteiger partial charge in [-0.1, -0.05) is 0 Å². The Morgan fingerprint density at radius 2 is 2.20 bits per heavy atom. The zero-order valence-corrected chi connectivity index (χ0v) is 10.4. The number of nitrogens with one attached hydrogen (secondary N) is 1. The molecule has 0 radical (unpaired) electrons. The van der Waals surface area contributed by atoms with Crippen LogP contribution < -0.4 is 5.32 Å². The van der Waals surface area contributed by atoms with Crippen LogP contribution in [0, 0.1) is 0 Å². The lowest BCUT2D eigenvalue weighted by Crippen LogP contribution is -2.03. The van der Waals surface area contributed by atoms with Crippen LogP contribution in [0.2, 0.25) is 0 Å². The molecule has 0 aliphatic heterocycles. The first-order chi connectivity index (χ1) is 7.02. The van der Waals surface area contributed by atoms with Crippen molar-refractivity contribution in [1.82, 2.24) is 4.98 Å². The van der Waals surface area contributed by atoms with Gasteiger partial charge in [0.2, 0.25) is 0 Å². The van der Waals surface area contributed by atoms with Gasteiger partial charge in [-0.3, -0.25) is 0 Å². The van der Waals surface area contributed by atoms with Crippen LogP contribution in [-0.2, 0) is 9.84 Å². The van der Waals surface area contributed by atoms with Crippen molar-refractivity contribution in [3.05, 3.63) is 5.01 Å². The molecule has 15 heavy (non-hydrogen) atoms. The molecule has 0 spiro atoms. The molecule has 1 aromatic heterocycles. The molecular formula is C9H14N2O2S2. The second-order valence-electron chi connectivity index (χ2n) is 3.76. The van der Waals surface area contributed by atoms with Gasteiger partial charge in [-0.05, 0) is 19.8 Å². The van der Waals surface area contributed by atoms with Gasteiger partial charge in [-0.25, -0.2) is 13.4 Å². The molecule has 0 amide bonds. The van der Waals surface area contributed by atoms with Crippen molar-refractivity contribution in [3.8, 4) is 0 Å². The first kappa shape index (κ1) is 10.9. The van der Waals surface area contributed by atoms with Gasteiger partial charge in [0, 0.05) is 18.7 Å². The van der Waals surface area contributed by atoms with Gasteiger partial charge in [-0.2, -0.15) is 0 Å². The molecule has 1 N–H and O–H groups in total. The largest absolute Gasteiger partial charge is 0.369 e. The van der Waals surface area contributed by atoms with Crippen molar-refractivity contribution in [1.29, 1.82) is 0 Å². The molecule has 84 valence electrons. The third kappa shape index (κ3) is 2.31. The molecule has 6 heteroatoms. The molecule has 1 heterocycles. The highest BCUT2D eigenvalue weighted by molar-refractivity contribution is 7.93. The van der Waals surface area contributed by atoms with Gasteiger partial charge in [0.15, 0.2) is 19.9 Å². The summed E-state index contributed by atoms with van der Waals surface area (Å²) in [7, 11) is -3.15. The summed E-state index contributed by atoms with van der Waals surface area (Å²) >= 11 is 1.32. The van der Waals surface area contributed by atoms with E-state index < -0.39 is 9.84 Å². The molecule has 0 unspecified atom stereocenters. The maximum atomic E-state index is 11.5. The zero-order valence-electron chi connectivity index (χ0n) is 8.78. The molecule has 1 aromatic rings. The van der Waals surface area contributed by atoms with E-state index >= 15 is 0 Å². The van der Waals surface area contributed by atoms with Crippen LogP contribution in [0.1, 0.15) is 30.7 Å². The minimum atomic E-state index is -3.15. The highest BCUT2D eigenvalue weighted by Gasteiger charge is 2.30. The number of aromatic nitrogens is 1. The SMILES string of the molecule is CCNc1nc(C2CC2)sc1S(C)(=O)=O. The Kier molecular flexibility index (Phi) is 2.72. The fourth-order valence-electron chi connectivity index (χ4n) is 1.36. The fourth-order valence-corrected chi connectivity index (χ4v) is 3.63. The number of sulfone groups is 1. The number of thiazole rings is 1. The van der Waals surface area contributed by atoms with Crippen LogP contribution in [0.25, 0.3) is 0 Å². The Labute approximate surface area is 93.7 Å². The first-order valence-electron chi connectivity index (χ1n) is 4.97. The predicted octanol–water partition coefficient (Wildman–Crippen LogP) is 1.86. The van der Waals surface area contributed by atoms with Crippen LogP contribution in [0.3, 0.4) is 0 Å². The molecule has 1 aliphatic rings. The van der Waals surface area contributed by atoms with Crippen LogP contribution in [0.5, 0.6) is 0 Å². The number of hydrogen-bond acceptors (Lipinski definition) is 5. The summed E-state index contributed by atoms with van der Waals surface area (Å²) in [6.45, 7) is 2.62. The summed E-state index contributed by atoms with van der Waals surface area (Å²) in [5.74, 6) is 1.04. The lowest BCUT2D eigenvalue weighted by molar-refractivity contribution is 0.604. The standard InChI is InChI=1S/C9H14N2O2S2/c1-3-10-7-9(15(2,12)13)14-8(11-7)6-4-5-6/h6,10H,3-5H2,1-2H3. The van der Waals surface area contributed by atoms with Gasteiger partial charge < -0.3 is 5.32 Å². The van der Waals surface area contributed by atoms with E-state index in [1.165, 1.54) is 17.6 Å². The van der Waals surface area contributed by atoms with Crippen LogP contribution in [0.15, 0.2) is 4.21 Å². The van der Waals surface area contributed by atoms with E-state index in [1.54, 1.807) is 0 Å². The van der Waals surface area contributed by atoms with Gasteiger partial charge in [0.1, 0.15) is 0 Å². The van der Waals surface area contributed by atoms with Gasteiger partial charge in [0.25, 0.3) is 0 Å². The van der Waals surface area contributed by atoms with Gasteiger partial charge in [-0.15, -0.1) is 11.3 Å². The minimum Gasteiger partial charge on any atom is -0.369 e. The molecule has 1 aliphatic carbocycles. The number of rotatable bonds is 4. The Bertz CT molecular complexity index is 460. The quantitative estimate of drug-likeness (QED) is 0.881. The summed E-state index contributed by atoms with van der Waals surface area (Å²) in [5.41, 5.74) is 0. The third-order valence-electron chi connectivity index (χ3n) is 2.22. The maximum Gasteiger partial charge on any atom is 0.188 e. The lowest BCUT2D eigenvalue weighted by atomic mass is 10.5. The molecule has 0 bridgehead atoms. The Balaban J connectivity index is 2.41. The third-order valence-corrected chi connectivity index (χ3v) is 5.26. The summed E-state index contributed by atoms with van der Waals surface area (Å²) in [4.78, 5) is 4.36. The number of anilines is 1. The van der Waals surface area contributed by atoms with E-state index in [4.69, 9.17) is 0 Å². The predicted molar refractivity (Wildman–Crippen MR) is 61.4 cm³/mol. The summed E-state index contributed by atoms with van der Waals surface area (Å²) < 4.78 is 23.4. The molecular weight excluding hydrogens is 232 g/mol. The van der Waals surface area contributed by atoms with E-state index in [9.17, 15) is 8.42 Å². The summed E-state index contributed by atoms with van der Waals surface area (Å²) in [5, 5.41) is 3.97. The first-order valence-corrected chi connectivity index (χ1v) is 7.67. The van der Waals surface area contributed by atoms with Crippen molar-refractivity contribution >= 4 is 27.0 Å². The summed E-state index contributed by atoms with van der Waals surface area (Å²) in [6, 6.07) is 0. The smallest absolute Gasteiger partial charge is 0.188 e. The van der Waals surface area contributed by atoms with E-state index in [2.05, 4.69) is 10.3 Å². The molecule has 0 aromatic carbocycles. The lowest BCUT2D eigenvalue weighted by Gasteiger charge is -1.99. The second-order valence-corrected chi connectivity index (χ2v) is 7.01. The number of nitrogens with zero attached hydrogens (tertiary/aromatic N) is 1. The van der Waals surface area contributed by atoms with E-state index in [1.807, 2.05) is 6.92 Å². The Hall–Kier alpha value is -0.620. The monoisotopic (exact) mass is 246 g/mol. The topological polar surface area (TPSA) is 59.1 Å². The van der Waals surface area contributed by atoms with Gasteiger partial charge >= 0.3 is 0 Å². The van der Waals surface area contributed by atoms with Gasteiger partial charge in [0.05, 0.1) is 5.01 Å². The molecule has 0 saturated heterocycles. The zero-order chi connectivity index (χ0) is 11.1. The van der Waals surface area contributed by atoms with Crippen molar-refractivity contribution < 1.29 is 8.42 Å². The molecule has 1 fully saturated rings. The fraction of sp³-hybridized carbons (Fsp3) is 0.667. The van der Waals surface area contributed by atoms with Crippen molar-refractivity contribution in [2.24, 2.45) is 0 Å². The highest BCUT2D eigenvalue weighted by atomic mass is 32.2. The minimum absolute atomic E-state index is 0.381. The van der Waals surface area contributed by atoms with Crippen LogP contribution in [0.4, 0.5) is 5.82 Å². The average molecular weight is 246 g/mol. The second kappa shape index (κ2) is 3.75. The summed E-state index contributed by atoms with van der Waals surface area (Å²) in [6.07, 6.45) is 3.52. The van der Waals surface area contributed by atoms with E-state index in [0.29, 0.717) is 22.5 Å². The normalized spacial score (nSPS) is 16.7. The van der Waals surface area contributed by atoms with Crippen molar-refractivity contribution in [2.45, 2.75) is 29.9 Å². The number of hydrogen-bond donors (Lipinski definition) is 1. The van der Waals surface area contributed by atoms with E-state index in [0.717, 1.165) is 17.8 Å². The average Bonchev–Trinajstić information content (AvgIpc) is 2.87. The Morgan fingerprint density at radius 1 is 1.53 bits per heavy atom.